The molecule has 0 spiro atoms. The lowest BCUT2D eigenvalue weighted by molar-refractivity contribution is 0.0106. The van der Waals surface area contributed by atoms with Gasteiger partial charge < -0.3 is 19.3 Å². The molecule has 2 atom stereocenters. The second-order valence-corrected chi connectivity index (χ2v) is 6.06. The number of methoxy groups -OCH3 is 2. The molecule has 7 heteroatoms. The van der Waals surface area contributed by atoms with Crippen LogP contribution < -0.4 is 19.5 Å². The van der Waals surface area contributed by atoms with E-state index in [9.17, 15) is 9.50 Å². The van der Waals surface area contributed by atoms with Gasteiger partial charge in [-0.15, -0.1) is 0 Å². The van der Waals surface area contributed by atoms with E-state index in [0.717, 1.165) is 5.56 Å². The van der Waals surface area contributed by atoms with Crippen LogP contribution in [-0.2, 0) is 6.54 Å². The summed E-state index contributed by atoms with van der Waals surface area (Å²) in [5, 5.41) is 13.6. The van der Waals surface area contributed by atoms with Crippen molar-refractivity contribution in [2.24, 2.45) is 0 Å². The van der Waals surface area contributed by atoms with E-state index in [2.05, 4.69) is 5.32 Å². The Balaban J connectivity index is 1.99. The van der Waals surface area contributed by atoms with Crippen LogP contribution in [0.2, 0.25) is 5.02 Å². The molecule has 2 aromatic rings. The lowest BCUT2D eigenvalue weighted by Crippen LogP contribution is -2.42. The Morgan fingerprint density at radius 2 is 1.77 bits per heavy atom. The van der Waals surface area contributed by atoms with Gasteiger partial charge in [0.1, 0.15) is 23.9 Å². The zero-order chi connectivity index (χ0) is 19.1. The monoisotopic (exact) mass is 383 g/mol. The number of aliphatic hydroxyl groups excluding tert-OH is 1. The molecule has 0 saturated heterocycles. The molecule has 0 radical (unpaired) electrons. The van der Waals surface area contributed by atoms with E-state index >= 15 is 0 Å². The van der Waals surface area contributed by atoms with Crippen molar-refractivity contribution in [3.8, 4) is 17.2 Å². The Morgan fingerprint density at radius 3 is 2.38 bits per heavy atom. The summed E-state index contributed by atoms with van der Waals surface area (Å²) in [6, 6.07) is 9.39. The quantitative estimate of drug-likeness (QED) is 0.645. The van der Waals surface area contributed by atoms with Gasteiger partial charge >= 0.3 is 0 Å². The van der Waals surface area contributed by atoms with E-state index < -0.39 is 18.1 Å². The minimum atomic E-state index is -0.936. The fraction of sp³-hybridized carbons (Fsp3) is 0.368. The number of hydrogen-bond acceptors (Lipinski definition) is 5. The standard InChI is InChI=1S/C19H23ClFNO4/c1-4-15(26-16-8-6-13(21)10-14(16)20)19(23)22-11-12-5-7-17(24-2)18(9-12)25-3/h5-10,15,19,22-23H,4,11H2,1-3H3. The van der Waals surface area contributed by atoms with Crippen LogP contribution in [0.5, 0.6) is 17.2 Å². The smallest absolute Gasteiger partial charge is 0.161 e. The maximum absolute atomic E-state index is 13.1. The molecule has 142 valence electrons. The van der Waals surface area contributed by atoms with E-state index in [1.807, 2.05) is 19.1 Å². The van der Waals surface area contributed by atoms with Crippen molar-refractivity contribution in [2.75, 3.05) is 14.2 Å². The predicted molar refractivity (Wildman–Crippen MR) is 98.5 cm³/mol. The molecule has 2 N–H and O–H groups in total. The average Bonchev–Trinajstić information content (AvgIpc) is 2.65. The molecular weight excluding hydrogens is 361 g/mol. The number of benzene rings is 2. The number of ether oxygens (including phenoxy) is 3. The fourth-order valence-electron chi connectivity index (χ4n) is 2.45. The van der Waals surface area contributed by atoms with Gasteiger partial charge in [0.2, 0.25) is 0 Å². The van der Waals surface area contributed by atoms with E-state index in [-0.39, 0.29) is 5.02 Å². The third-order valence-corrected chi connectivity index (χ3v) is 4.19. The van der Waals surface area contributed by atoms with Crippen molar-refractivity contribution in [2.45, 2.75) is 32.2 Å². The van der Waals surface area contributed by atoms with Gasteiger partial charge in [-0.2, -0.15) is 0 Å². The summed E-state index contributed by atoms with van der Waals surface area (Å²) in [6.45, 7) is 2.28. The van der Waals surface area contributed by atoms with Gasteiger partial charge in [0.15, 0.2) is 11.5 Å². The molecule has 5 nitrogen and oxygen atoms in total. The minimum absolute atomic E-state index is 0.163. The highest BCUT2D eigenvalue weighted by Crippen LogP contribution is 2.28. The summed E-state index contributed by atoms with van der Waals surface area (Å²) in [6.07, 6.45) is -0.944. The van der Waals surface area contributed by atoms with Crippen molar-refractivity contribution < 1.29 is 23.7 Å². The van der Waals surface area contributed by atoms with Crippen LogP contribution >= 0.6 is 11.6 Å². The molecular formula is C19H23ClFNO4. The van der Waals surface area contributed by atoms with E-state index in [1.165, 1.54) is 18.2 Å². The molecule has 0 aliphatic carbocycles. The van der Waals surface area contributed by atoms with Gasteiger partial charge in [0, 0.05) is 6.54 Å². The Kier molecular flexibility index (Phi) is 7.50. The van der Waals surface area contributed by atoms with Crippen molar-refractivity contribution in [3.05, 3.63) is 52.8 Å². The second kappa shape index (κ2) is 9.62. The topological polar surface area (TPSA) is 60.0 Å². The Morgan fingerprint density at radius 1 is 1.08 bits per heavy atom. The van der Waals surface area contributed by atoms with Crippen LogP contribution in [-0.4, -0.2) is 31.7 Å². The highest BCUT2D eigenvalue weighted by Gasteiger charge is 2.20. The summed E-state index contributed by atoms with van der Waals surface area (Å²) in [5.41, 5.74) is 0.913. The molecule has 0 aromatic heterocycles. The average molecular weight is 384 g/mol. The van der Waals surface area contributed by atoms with E-state index in [1.54, 1.807) is 20.3 Å². The Hall–Kier alpha value is -2.02. The molecule has 0 bridgehead atoms. The van der Waals surface area contributed by atoms with Gasteiger partial charge in [0.25, 0.3) is 0 Å². The lowest BCUT2D eigenvalue weighted by atomic mass is 10.2. The van der Waals surface area contributed by atoms with Gasteiger partial charge in [-0.25, -0.2) is 4.39 Å². The largest absolute Gasteiger partial charge is 0.493 e. The lowest BCUT2D eigenvalue weighted by Gasteiger charge is -2.24. The van der Waals surface area contributed by atoms with Crippen LogP contribution in [0.1, 0.15) is 18.9 Å². The maximum atomic E-state index is 13.1. The van der Waals surface area contributed by atoms with Crippen LogP contribution in [0.15, 0.2) is 36.4 Å². The Labute approximate surface area is 157 Å². The van der Waals surface area contributed by atoms with E-state index in [4.69, 9.17) is 25.8 Å². The third-order valence-electron chi connectivity index (χ3n) is 3.89. The molecule has 0 fully saturated rings. The van der Waals surface area contributed by atoms with Crippen molar-refractivity contribution in [1.82, 2.24) is 5.32 Å². The van der Waals surface area contributed by atoms with Gasteiger partial charge in [-0.3, -0.25) is 5.32 Å². The first-order valence-corrected chi connectivity index (χ1v) is 8.60. The van der Waals surface area contributed by atoms with Crippen LogP contribution in [0, 0.1) is 5.82 Å². The highest BCUT2D eigenvalue weighted by molar-refractivity contribution is 6.32. The molecule has 0 saturated carbocycles. The molecule has 2 rings (SSSR count). The third kappa shape index (κ3) is 5.24. The molecule has 0 aliphatic rings. The SMILES string of the molecule is CCC(Oc1ccc(F)cc1Cl)C(O)NCc1ccc(OC)c(OC)c1. The normalized spacial score (nSPS) is 13.2. The maximum Gasteiger partial charge on any atom is 0.161 e. The highest BCUT2D eigenvalue weighted by atomic mass is 35.5. The first kappa shape index (κ1) is 20.3. The minimum Gasteiger partial charge on any atom is -0.493 e. The number of aliphatic hydroxyl groups is 1. The van der Waals surface area contributed by atoms with Gasteiger partial charge in [0.05, 0.1) is 19.2 Å². The summed E-state index contributed by atoms with van der Waals surface area (Å²) < 4.78 is 29.3. The number of rotatable bonds is 9. The van der Waals surface area contributed by atoms with Crippen LogP contribution in [0.3, 0.4) is 0 Å². The molecule has 26 heavy (non-hydrogen) atoms. The number of halogens is 2. The first-order valence-electron chi connectivity index (χ1n) is 8.22. The first-order chi connectivity index (χ1) is 12.5. The second-order valence-electron chi connectivity index (χ2n) is 5.65. The zero-order valence-corrected chi connectivity index (χ0v) is 15.7. The van der Waals surface area contributed by atoms with Crippen molar-refractivity contribution in [1.29, 1.82) is 0 Å². The summed E-state index contributed by atoms with van der Waals surface area (Å²) >= 11 is 5.98. The van der Waals surface area contributed by atoms with Crippen LogP contribution in [0.4, 0.5) is 4.39 Å². The molecule has 0 aliphatic heterocycles. The number of nitrogens with one attached hydrogen (secondary N) is 1. The summed E-state index contributed by atoms with van der Waals surface area (Å²) in [5.74, 6) is 1.13. The molecule has 0 amide bonds. The summed E-state index contributed by atoms with van der Waals surface area (Å²) in [4.78, 5) is 0. The summed E-state index contributed by atoms with van der Waals surface area (Å²) in [7, 11) is 3.14. The Bertz CT molecular complexity index is 729. The number of hydrogen-bond donors (Lipinski definition) is 2. The van der Waals surface area contributed by atoms with E-state index in [0.29, 0.717) is 30.2 Å². The molecule has 2 aromatic carbocycles. The van der Waals surface area contributed by atoms with Crippen molar-refractivity contribution in [3.63, 3.8) is 0 Å². The zero-order valence-electron chi connectivity index (χ0n) is 15.0. The van der Waals surface area contributed by atoms with Gasteiger partial charge in [-0.1, -0.05) is 24.6 Å². The molecule has 2 unspecified atom stereocenters. The predicted octanol–water partition coefficient (Wildman–Crippen LogP) is 3.76. The fourth-order valence-corrected chi connectivity index (χ4v) is 2.66. The van der Waals surface area contributed by atoms with Gasteiger partial charge in [-0.05, 0) is 42.3 Å². The molecule has 0 heterocycles. The van der Waals surface area contributed by atoms with Crippen molar-refractivity contribution >= 4 is 11.6 Å². The van der Waals surface area contributed by atoms with Crippen LogP contribution in [0.25, 0.3) is 0 Å².